The zero-order valence-electron chi connectivity index (χ0n) is 10.5. The van der Waals surface area contributed by atoms with E-state index in [1.54, 1.807) is 0 Å². The molecule has 0 bridgehead atoms. The van der Waals surface area contributed by atoms with Crippen molar-refractivity contribution in [1.29, 1.82) is 0 Å². The van der Waals surface area contributed by atoms with E-state index in [4.69, 9.17) is 0 Å². The van der Waals surface area contributed by atoms with Crippen molar-refractivity contribution in [3.05, 3.63) is 35.6 Å². The smallest absolute Gasteiger partial charge is 0.123 e. The summed E-state index contributed by atoms with van der Waals surface area (Å²) in [6, 6.07) is 7.36. The van der Waals surface area contributed by atoms with Gasteiger partial charge in [0, 0.05) is 12.6 Å². The largest absolute Gasteiger partial charge is 0.392 e. The minimum Gasteiger partial charge on any atom is -0.392 e. The van der Waals surface area contributed by atoms with Gasteiger partial charge in [-0.1, -0.05) is 12.1 Å². The molecule has 0 aliphatic heterocycles. The first-order chi connectivity index (χ1) is 8.72. The first-order valence-electron chi connectivity index (χ1n) is 6.89. The zero-order valence-corrected chi connectivity index (χ0v) is 10.5. The van der Waals surface area contributed by atoms with Crippen molar-refractivity contribution in [3.63, 3.8) is 0 Å². The number of hydrogen-bond acceptors (Lipinski definition) is 2. The molecule has 3 heteroatoms. The summed E-state index contributed by atoms with van der Waals surface area (Å²) in [4.78, 5) is 0. The highest BCUT2D eigenvalue weighted by Gasteiger charge is 2.33. The Morgan fingerprint density at radius 1 is 1.22 bits per heavy atom. The maximum Gasteiger partial charge on any atom is 0.123 e. The lowest BCUT2D eigenvalue weighted by molar-refractivity contribution is 0.135. The highest BCUT2D eigenvalue weighted by Crippen LogP contribution is 2.37. The van der Waals surface area contributed by atoms with E-state index in [1.807, 2.05) is 12.1 Å². The molecule has 0 aromatic heterocycles. The Balaban J connectivity index is 1.41. The molecular formula is C15H20FNO. The van der Waals surface area contributed by atoms with Crippen molar-refractivity contribution in [2.45, 2.75) is 43.7 Å². The lowest BCUT2D eigenvalue weighted by Gasteiger charge is -2.37. The normalized spacial score (nSPS) is 28.8. The molecule has 0 saturated heterocycles. The number of hydrogen-bond donors (Lipinski definition) is 2. The van der Waals surface area contributed by atoms with Crippen LogP contribution in [-0.2, 0) is 0 Å². The number of aliphatic hydroxyl groups is 1. The van der Waals surface area contributed by atoms with Gasteiger partial charge in [-0.15, -0.1) is 0 Å². The van der Waals surface area contributed by atoms with Crippen LogP contribution in [0.1, 0.15) is 37.2 Å². The predicted octanol–water partition coefficient (Wildman–Crippen LogP) is 2.43. The molecule has 2 nitrogen and oxygen atoms in total. The van der Waals surface area contributed by atoms with Crippen molar-refractivity contribution < 1.29 is 9.50 Å². The topological polar surface area (TPSA) is 32.3 Å². The van der Waals surface area contributed by atoms with E-state index in [2.05, 4.69) is 5.32 Å². The van der Waals surface area contributed by atoms with Crippen LogP contribution in [0.3, 0.4) is 0 Å². The number of benzene rings is 1. The Morgan fingerprint density at radius 3 is 2.50 bits per heavy atom. The van der Waals surface area contributed by atoms with Gasteiger partial charge in [-0.05, 0) is 55.2 Å². The highest BCUT2D eigenvalue weighted by molar-refractivity contribution is 5.23. The molecule has 2 aliphatic rings. The van der Waals surface area contributed by atoms with Crippen molar-refractivity contribution in [2.24, 2.45) is 5.92 Å². The van der Waals surface area contributed by atoms with Gasteiger partial charge in [-0.2, -0.15) is 0 Å². The standard InChI is InChI=1S/C15H20FNO/c16-13-5-3-10(4-6-13)12-7-14(8-12)17-9-15(18)11-1-2-11/h3-6,11-12,14-15,17-18H,1-2,7-9H2. The van der Waals surface area contributed by atoms with Gasteiger partial charge < -0.3 is 10.4 Å². The number of halogens is 1. The summed E-state index contributed by atoms with van der Waals surface area (Å²) in [5.74, 6) is 0.937. The summed E-state index contributed by atoms with van der Waals surface area (Å²) in [6.07, 6.45) is 4.42. The lowest BCUT2D eigenvalue weighted by Crippen LogP contribution is -2.43. The van der Waals surface area contributed by atoms with Crippen LogP contribution in [0, 0.1) is 11.7 Å². The van der Waals surface area contributed by atoms with Gasteiger partial charge in [0.15, 0.2) is 0 Å². The first-order valence-corrected chi connectivity index (χ1v) is 6.89. The van der Waals surface area contributed by atoms with Crippen molar-refractivity contribution in [3.8, 4) is 0 Å². The summed E-state index contributed by atoms with van der Waals surface area (Å²) in [5.41, 5.74) is 1.23. The predicted molar refractivity (Wildman–Crippen MR) is 68.9 cm³/mol. The molecular weight excluding hydrogens is 229 g/mol. The fourth-order valence-corrected chi connectivity index (χ4v) is 2.73. The molecule has 3 rings (SSSR count). The molecule has 1 aromatic carbocycles. The van der Waals surface area contributed by atoms with Crippen LogP contribution in [0.15, 0.2) is 24.3 Å². The summed E-state index contributed by atoms with van der Waals surface area (Å²) in [5, 5.41) is 13.2. The molecule has 98 valence electrons. The Hall–Kier alpha value is -0.930. The van der Waals surface area contributed by atoms with Gasteiger partial charge in [0.05, 0.1) is 6.10 Å². The Labute approximate surface area is 107 Å². The average molecular weight is 249 g/mol. The van der Waals surface area contributed by atoms with Gasteiger partial charge >= 0.3 is 0 Å². The fourth-order valence-electron chi connectivity index (χ4n) is 2.73. The molecule has 2 saturated carbocycles. The minimum absolute atomic E-state index is 0.158. The summed E-state index contributed by atoms with van der Waals surface area (Å²) < 4.78 is 12.8. The van der Waals surface area contributed by atoms with E-state index in [-0.39, 0.29) is 11.9 Å². The molecule has 1 atom stereocenters. The van der Waals surface area contributed by atoms with Gasteiger partial charge in [0.2, 0.25) is 0 Å². The third kappa shape index (κ3) is 2.73. The molecule has 0 heterocycles. The Kier molecular flexibility index (Phi) is 3.35. The van der Waals surface area contributed by atoms with Gasteiger partial charge in [-0.3, -0.25) is 0 Å². The minimum atomic E-state index is -0.166. The van der Waals surface area contributed by atoms with Crippen LogP contribution >= 0.6 is 0 Å². The molecule has 18 heavy (non-hydrogen) atoms. The van der Waals surface area contributed by atoms with E-state index in [9.17, 15) is 9.50 Å². The van der Waals surface area contributed by atoms with E-state index in [0.29, 0.717) is 17.9 Å². The van der Waals surface area contributed by atoms with Crippen LogP contribution < -0.4 is 5.32 Å². The Morgan fingerprint density at radius 2 is 1.89 bits per heavy atom. The van der Waals surface area contributed by atoms with Crippen LogP contribution in [-0.4, -0.2) is 23.8 Å². The zero-order chi connectivity index (χ0) is 12.5. The lowest BCUT2D eigenvalue weighted by atomic mass is 9.76. The van der Waals surface area contributed by atoms with Gasteiger partial charge in [0.25, 0.3) is 0 Å². The second-order valence-electron chi connectivity index (χ2n) is 5.73. The van der Waals surface area contributed by atoms with E-state index >= 15 is 0 Å². The molecule has 1 unspecified atom stereocenters. The molecule has 2 fully saturated rings. The monoisotopic (exact) mass is 249 g/mol. The quantitative estimate of drug-likeness (QED) is 0.840. The summed E-state index contributed by atoms with van der Waals surface area (Å²) in [6.45, 7) is 0.728. The second kappa shape index (κ2) is 4.98. The van der Waals surface area contributed by atoms with E-state index in [0.717, 1.165) is 19.4 Å². The maximum absolute atomic E-state index is 12.8. The van der Waals surface area contributed by atoms with Crippen LogP contribution in [0.5, 0.6) is 0 Å². The van der Waals surface area contributed by atoms with E-state index < -0.39 is 0 Å². The van der Waals surface area contributed by atoms with E-state index in [1.165, 1.54) is 30.5 Å². The fraction of sp³-hybridized carbons (Fsp3) is 0.600. The highest BCUT2D eigenvalue weighted by atomic mass is 19.1. The SMILES string of the molecule is OC(CNC1CC(c2ccc(F)cc2)C1)C1CC1. The van der Waals surface area contributed by atoms with Crippen molar-refractivity contribution in [2.75, 3.05) is 6.54 Å². The molecule has 2 N–H and O–H groups in total. The average Bonchev–Trinajstić information content (AvgIpc) is 3.13. The summed E-state index contributed by atoms with van der Waals surface area (Å²) in [7, 11) is 0. The number of rotatable bonds is 5. The van der Waals surface area contributed by atoms with Crippen molar-refractivity contribution >= 4 is 0 Å². The molecule has 1 aromatic rings. The summed E-state index contributed by atoms with van der Waals surface area (Å²) >= 11 is 0. The molecule has 0 amide bonds. The van der Waals surface area contributed by atoms with Crippen LogP contribution in [0.4, 0.5) is 4.39 Å². The third-order valence-corrected chi connectivity index (χ3v) is 4.26. The van der Waals surface area contributed by atoms with Gasteiger partial charge in [-0.25, -0.2) is 4.39 Å². The second-order valence-corrected chi connectivity index (χ2v) is 5.73. The number of nitrogens with one attached hydrogen (secondary N) is 1. The van der Waals surface area contributed by atoms with Gasteiger partial charge in [0.1, 0.15) is 5.82 Å². The van der Waals surface area contributed by atoms with Crippen LogP contribution in [0.2, 0.25) is 0 Å². The first kappa shape index (κ1) is 12.1. The molecule has 0 spiro atoms. The maximum atomic E-state index is 12.8. The molecule has 2 aliphatic carbocycles. The van der Waals surface area contributed by atoms with Crippen molar-refractivity contribution in [1.82, 2.24) is 5.32 Å². The van der Waals surface area contributed by atoms with Crippen LogP contribution in [0.25, 0.3) is 0 Å². The Bertz CT molecular complexity index is 395. The number of aliphatic hydroxyl groups excluding tert-OH is 1. The molecule has 0 radical (unpaired) electrons. The third-order valence-electron chi connectivity index (χ3n) is 4.26.